The average molecular weight is 299 g/mol. The van der Waals surface area contributed by atoms with Gasteiger partial charge in [0, 0.05) is 12.6 Å². The molecule has 3 N–H and O–H groups in total. The number of nitrogen functional groups attached to an aromatic ring is 1. The highest BCUT2D eigenvalue weighted by atomic mass is 16.2. The molecule has 0 aliphatic rings. The molecule has 1 heterocycles. The molecule has 1 aromatic carbocycles. The van der Waals surface area contributed by atoms with E-state index in [2.05, 4.69) is 10.3 Å². The Kier molecular flexibility index (Phi) is 6.25. The molecule has 0 unspecified atom stereocenters. The molecule has 0 atom stereocenters. The number of nitrogens with zero attached hydrogens (tertiary/aromatic N) is 1. The third-order valence-corrected chi connectivity index (χ3v) is 2.86. The highest BCUT2D eigenvalue weighted by Crippen LogP contribution is 2.17. The lowest BCUT2D eigenvalue weighted by molar-refractivity contribution is 0.0981. The Morgan fingerprint density at radius 1 is 1.14 bits per heavy atom. The number of anilines is 2. The molecule has 0 saturated heterocycles. The Labute approximate surface area is 130 Å². The van der Waals surface area contributed by atoms with Crippen LogP contribution in [0.4, 0.5) is 11.4 Å². The predicted octanol–water partition coefficient (Wildman–Crippen LogP) is 3.45. The number of amides is 1. The molecule has 0 aliphatic heterocycles. The molecule has 0 radical (unpaired) electrons. The van der Waals surface area contributed by atoms with E-state index in [1.54, 1.807) is 19.1 Å². The second-order valence-electron chi connectivity index (χ2n) is 4.44. The summed E-state index contributed by atoms with van der Waals surface area (Å²) in [7, 11) is 0. The van der Waals surface area contributed by atoms with Crippen LogP contribution in [0.15, 0.2) is 36.4 Å². The van der Waals surface area contributed by atoms with Gasteiger partial charge >= 0.3 is 0 Å². The number of carbonyl (C=O) groups excluding carboxylic acids is 2. The molecule has 5 heteroatoms. The summed E-state index contributed by atoms with van der Waals surface area (Å²) in [6, 6.07) is 10.5. The first kappa shape index (κ1) is 17.4. The minimum Gasteiger partial charge on any atom is -0.397 e. The molecule has 0 spiro atoms. The lowest BCUT2D eigenvalue weighted by Crippen LogP contribution is -2.18. The standard InChI is InChI=1S/C15H15N3O2.C2H6/c1-9-13(16)8-12(14(17-9)10(2)19)15(20)18-11-6-4-3-5-7-11;1-2/h3-8H,16H2,1-2H3,(H,18,20);1-2H3. The van der Waals surface area contributed by atoms with Gasteiger partial charge in [-0.3, -0.25) is 9.59 Å². The van der Waals surface area contributed by atoms with Gasteiger partial charge in [0.2, 0.25) is 0 Å². The number of para-hydroxylation sites is 1. The fourth-order valence-electron chi connectivity index (χ4n) is 1.78. The minimum absolute atomic E-state index is 0.130. The molecule has 0 bridgehead atoms. The fraction of sp³-hybridized carbons (Fsp3) is 0.235. The first-order chi connectivity index (χ1) is 10.5. The Bertz CT molecular complexity index is 667. The van der Waals surface area contributed by atoms with E-state index in [4.69, 9.17) is 5.73 Å². The van der Waals surface area contributed by atoms with Crippen LogP contribution >= 0.6 is 0 Å². The summed E-state index contributed by atoms with van der Waals surface area (Å²) in [6.45, 7) is 7.07. The van der Waals surface area contributed by atoms with Crippen molar-refractivity contribution in [3.63, 3.8) is 0 Å². The third-order valence-electron chi connectivity index (χ3n) is 2.86. The van der Waals surface area contributed by atoms with Crippen molar-refractivity contribution in [2.45, 2.75) is 27.7 Å². The van der Waals surface area contributed by atoms with Crippen LogP contribution in [0.2, 0.25) is 0 Å². The van der Waals surface area contributed by atoms with E-state index in [1.807, 2.05) is 32.0 Å². The third kappa shape index (κ3) is 4.15. The number of rotatable bonds is 3. The van der Waals surface area contributed by atoms with E-state index in [0.29, 0.717) is 17.1 Å². The quantitative estimate of drug-likeness (QED) is 0.850. The second kappa shape index (κ2) is 7.93. The van der Waals surface area contributed by atoms with E-state index in [9.17, 15) is 9.59 Å². The molecular formula is C17H21N3O2. The monoisotopic (exact) mass is 299 g/mol. The van der Waals surface area contributed by atoms with Crippen molar-refractivity contribution in [2.75, 3.05) is 11.1 Å². The number of hydrogen-bond acceptors (Lipinski definition) is 4. The number of aryl methyl sites for hydroxylation is 1. The largest absolute Gasteiger partial charge is 0.397 e. The second-order valence-corrected chi connectivity index (χ2v) is 4.44. The number of ketones is 1. The molecule has 0 saturated carbocycles. The summed E-state index contributed by atoms with van der Waals surface area (Å²) < 4.78 is 0. The molecule has 0 aliphatic carbocycles. The van der Waals surface area contributed by atoms with Crippen molar-refractivity contribution >= 4 is 23.1 Å². The van der Waals surface area contributed by atoms with E-state index < -0.39 is 5.91 Å². The summed E-state index contributed by atoms with van der Waals surface area (Å²) in [5, 5.41) is 2.71. The zero-order valence-corrected chi connectivity index (χ0v) is 13.3. The van der Waals surface area contributed by atoms with Gasteiger partial charge in [-0.05, 0) is 25.1 Å². The van der Waals surface area contributed by atoms with Crippen LogP contribution in [0.1, 0.15) is 47.3 Å². The van der Waals surface area contributed by atoms with Gasteiger partial charge in [0.05, 0.1) is 16.9 Å². The summed E-state index contributed by atoms with van der Waals surface area (Å²) in [4.78, 5) is 27.9. The van der Waals surface area contributed by atoms with Crippen LogP contribution in [0.25, 0.3) is 0 Å². The van der Waals surface area contributed by atoms with Crippen molar-refractivity contribution in [3.05, 3.63) is 53.3 Å². The Hall–Kier alpha value is -2.69. The van der Waals surface area contributed by atoms with Gasteiger partial charge in [-0.15, -0.1) is 0 Å². The van der Waals surface area contributed by atoms with Crippen LogP contribution in [-0.4, -0.2) is 16.7 Å². The summed E-state index contributed by atoms with van der Waals surface area (Å²) in [6.07, 6.45) is 0. The highest BCUT2D eigenvalue weighted by Gasteiger charge is 2.18. The lowest BCUT2D eigenvalue weighted by atomic mass is 10.1. The van der Waals surface area contributed by atoms with Gasteiger partial charge in [-0.25, -0.2) is 4.98 Å². The normalized spacial score (nSPS) is 9.45. The van der Waals surface area contributed by atoms with Crippen molar-refractivity contribution in [1.82, 2.24) is 4.98 Å². The van der Waals surface area contributed by atoms with Crippen LogP contribution in [0.5, 0.6) is 0 Å². The Morgan fingerprint density at radius 2 is 1.73 bits per heavy atom. The number of aromatic nitrogens is 1. The maximum absolute atomic E-state index is 12.2. The van der Waals surface area contributed by atoms with Gasteiger partial charge in [-0.1, -0.05) is 32.0 Å². The smallest absolute Gasteiger partial charge is 0.258 e. The molecule has 2 aromatic rings. The van der Waals surface area contributed by atoms with Gasteiger partial charge in [-0.2, -0.15) is 0 Å². The van der Waals surface area contributed by atoms with E-state index in [0.717, 1.165) is 0 Å². The number of pyridine rings is 1. The van der Waals surface area contributed by atoms with Gasteiger partial charge in [0.15, 0.2) is 5.78 Å². The topological polar surface area (TPSA) is 85.1 Å². The van der Waals surface area contributed by atoms with Gasteiger partial charge < -0.3 is 11.1 Å². The molecule has 5 nitrogen and oxygen atoms in total. The van der Waals surface area contributed by atoms with Crippen molar-refractivity contribution in [1.29, 1.82) is 0 Å². The van der Waals surface area contributed by atoms with Crippen LogP contribution in [0.3, 0.4) is 0 Å². The van der Waals surface area contributed by atoms with Crippen molar-refractivity contribution < 1.29 is 9.59 Å². The van der Waals surface area contributed by atoms with Gasteiger partial charge in [0.1, 0.15) is 5.69 Å². The number of hydrogen-bond donors (Lipinski definition) is 2. The number of nitrogens with two attached hydrogens (primary N) is 1. The highest BCUT2D eigenvalue weighted by molar-refractivity contribution is 6.11. The Morgan fingerprint density at radius 3 is 2.27 bits per heavy atom. The number of nitrogens with one attached hydrogen (secondary N) is 1. The fourth-order valence-corrected chi connectivity index (χ4v) is 1.78. The Balaban J connectivity index is 0.00000116. The maximum atomic E-state index is 12.2. The van der Waals surface area contributed by atoms with E-state index >= 15 is 0 Å². The van der Waals surface area contributed by atoms with E-state index in [1.165, 1.54) is 13.0 Å². The summed E-state index contributed by atoms with van der Waals surface area (Å²) in [5.74, 6) is -0.674. The molecular weight excluding hydrogens is 278 g/mol. The zero-order valence-electron chi connectivity index (χ0n) is 13.3. The van der Waals surface area contributed by atoms with Crippen molar-refractivity contribution in [3.8, 4) is 0 Å². The summed E-state index contributed by atoms with van der Waals surface area (Å²) >= 11 is 0. The van der Waals surface area contributed by atoms with E-state index in [-0.39, 0.29) is 17.0 Å². The SMILES string of the molecule is CC.CC(=O)c1nc(C)c(N)cc1C(=O)Nc1ccccc1. The van der Waals surface area contributed by atoms with Crippen molar-refractivity contribution in [2.24, 2.45) is 0 Å². The number of Topliss-reactive ketones (excluding diaryl/α,β-unsaturated/α-hetero) is 1. The molecule has 1 aromatic heterocycles. The summed E-state index contributed by atoms with van der Waals surface area (Å²) in [5.41, 5.74) is 7.64. The van der Waals surface area contributed by atoms with Crippen LogP contribution < -0.4 is 11.1 Å². The predicted molar refractivity (Wildman–Crippen MR) is 89.1 cm³/mol. The number of benzene rings is 1. The first-order valence-electron chi connectivity index (χ1n) is 7.13. The van der Waals surface area contributed by atoms with Crippen LogP contribution in [-0.2, 0) is 0 Å². The van der Waals surface area contributed by atoms with Gasteiger partial charge in [0.25, 0.3) is 5.91 Å². The number of carbonyl (C=O) groups is 2. The molecule has 22 heavy (non-hydrogen) atoms. The molecule has 116 valence electrons. The average Bonchev–Trinajstić information content (AvgIpc) is 2.52. The zero-order chi connectivity index (χ0) is 16.7. The molecule has 2 rings (SSSR count). The first-order valence-corrected chi connectivity index (χ1v) is 7.13. The molecule has 0 fully saturated rings. The molecule has 1 amide bonds. The van der Waals surface area contributed by atoms with Crippen LogP contribution in [0, 0.1) is 6.92 Å². The lowest BCUT2D eigenvalue weighted by Gasteiger charge is -2.10. The maximum Gasteiger partial charge on any atom is 0.258 e. The minimum atomic E-state index is -0.402.